The number of nitrogens with zero attached hydrogens (tertiary/aromatic N) is 1. The molecule has 3 heteroatoms. The van der Waals surface area contributed by atoms with E-state index in [2.05, 4.69) is 4.90 Å². The lowest BCUT2D eigenvalue weighted by Gasteiger charge is -2.41. The van der Waals surface area contributed by atoms with Gasteiger partial charge in [0.15, 0.2) is 0 Å². The monoisotopic (exact) mass is 237 g/mol. The Bertz CT molecular complexity index is 301. The average Bonchev–Trinajstić information content (AvgIpc) is 3.06. The highest BCUT2D eigenvalue weighted by molar-refractivity contribution is 5.76. The summed E-state index contributed by atoms with van der Waals surface area (Å²) in [6, 6.07) is 0.749. The molecule has 0 aromatic carbocycles. The van der Waals surface area contributed by atoms with E-state index in [1.807, 2.05) is 0 Å². The van der Waals surface area contributed by atoms with Crippen molar-refractivity contribution in [1.29, 1.82) is 0 Å². The molecule has 17 heavy (non-hydrogen) atoms. The van der Waals surface area contributed by atoms with Crippen molar-refractivity contribution < 1.29 is 9.53 Å². The highest BCUT2D eigenvalue weighted by Gasteiger charge is 2.46. The van der Waals surface area contributed by atoms with Crippen molar-refractivity contribution in [2.24, 2.45) is 11.8 Å². The molecule has 96 valence electrons. The summed E-state index contributed by atoms with van der Waals surface area (Å²) in [6.45, 7) is 1.11. The molecule has 3 unspecified atom stereocenters. The third-order valence-corrected chi connectivity index (χ3v) is 4.90. The van der Waals surface area contributed by atoms with Gasteiger partial charge in [0.25, 0.3) is 0 Å². The van der Waals surface area contributed by atoms with Crippen LogP contribution in [0.25, 0.3) is 0 Å². The summed E-state index contributed by atoms with van der Waals surface area (Å²) in [4.78, 5) is 14.5. The number of likely N-dealkylation sites (tertiary alicyclic amines) is 1. The Morgan fingerprint density at radius 1 is 1.18 bits per heavy atom. The molecular weight excluding hydrogens is 214 g/mol. The van der Waals surface area contributed by atoms with Crippen LogP contribution in [0.2, 0.25) is 0 Å². The summed E-state index contributed by atoms with van der Waals surface area (Å²) in [5.41, 5.74) is 0. The molecule has 3 fully saturated rings. The Balaban J connectivity index is 1.77. The number of carbonyl (C=O) groups excluding carboxylic acids is 1. The molecular formula is C14H23NO2. The number of hydrogen-bond donors (Lipinski definition) is 0. The second kappa shape index (κ2) is 4.60. The zero-order chi connectivity index (χ0) is 11.8. The van der Waals surface area contributed by atoms with Crippen LogP contribution in [0, 0.1) is 11.8 Å². The fourth-order valence-corrected chi connectivity index (χ4v) is 3.97. The first kappa shape index (κ1) is 11.5. The number of ether oxygens (including phenoxy) is 1. The van der Waals surface area contributed by atoms with Gasteiger partial charge in [0, 0.05) is 6.04 Å². The molecule has 1 saturated heterocycles. The van der Waals surface area contributed by atoms with Crippen LogP contribution in [-0.2, 0) is 9.53 Å². The number of methoxy groups -OCH3 is 1. The van der Waals surface area contributed by atoms with E-state index in [0.717, 1.165) is 12.5 Å². The molecule has 1 aliphatic heterocycles. The Labute approximate surface area is 104 Å². The Morgan fingerprint density at radius 2 is 1.94 bits per heavy atom. The average molecular weight is 237 g/mol. The summed E-state index contributed by atoms with van der Waals surface area (Å²) in [7, 11) is 1.54. The first-order chi connectivity index (χ1) is 8.31. The summed E-state index contributed by atoms with van der Waals surface area (Å²) >= 11 is 0. The molecule has 3 nitrogen and oxygen atoms in total. The van der Waals surface area contributed by atoms with Crippen molar-refractivity contribution in [3.63, 3.8) is 0 Å². The van der Waals surface area contributed by atoms with Gasteiger partial charge in [-0.1, -0.05) is 6.42 Å². The lowest BCUT2D eigenvalue weighted by molar-refractivity contribution is -0.150. The molecule has 0 amide bonds. The Hall–Kier alpha value is -0.570. The van der Waals surface area contributed by atoms with E-state index in [1.54, 1.807) is 0 Å². The predicted molar refractivity (Wildman–Crippen MR) is 65.6 cm³/mol. The number of fused-ring (bicyclic) bond motifs is 1. The zero-order valence-corrected chi connectivity index (χ0v) is 10.7. The molecule has 3 atom stereocenters. The van der Waals surface area contributed by atoms with Crippen molar-refractivity contribution in [3.8, 4) is 0 Å². The minimum atomic E-state index is 0.0139. The lowest BCUT2D eigenvalue weighted by atomic mass is 9.90. The van der Waals surface area contributed by atoms with Crippen molar-refractivity contribution in [1.82, 2.24) is 4.90 Å². The van der Waals surface area contributed by atoms with Gasteiger partial charge < -0.3 is 4.74 Å². The highest BCUT2D eigenvalue weighted by Crippen LogP contribution is 2.43. The van der Waals surface area contributed by atoms with Crippen molar-refractivity contribution in [3.05, 3.63) is 0 Å². The predicted octanol–water partition coefficient (Wildman–Crippen LogP) is 2.20. The number of rotatable bonds is 3. The normalized spacial score (nSPS) is 35.4. The standard InChI is InChI=1S/C14H23NO2/c1-17-14(16)13(11-7-8-11)15-9-3-5-10-4-2-6-12(10)15/h10-13H,2-9H2,1H3. The van der Waals surface area contributed by atoms with E-state index >= 15 is 0 Å². The van der Waals surface area contributed by atoms with E-state index in [9.17, 15) is 4.79 Å². The van der Waals surface area contributed by atoms with Crippen LogP contribution in [0.5, 0.6) is 0 Å². The van der Waals surface area contributed by atoms with Crippen LogP contribution in [0.3, 0.4) is 0 Å². The van der Waals surface area contributed by atoms with Gasteiger partial charge in [-0.25, -0.2) is 0 Å². The number of piperidine rings is 1. The third-order valence-electron chi connectivity index (χ3n) is 4.90. The second-order valence-corrected chi connectivity index (χ2v) is 5.94. The molecule has 1 heterocycles. The van der Waals surface area contributed by atoms with Gasteiger partial charge in [0.2, 0.25) is 0 Å². The van der Waals surface area contributed by atoms with Crippen LogP contribution < -0.4 is 0 Å². The zero-order valence-electron chi connectivity index (χ0n) is 10.7. The maximum Gasteiger partial charge on any atom is 0.323 e. The smallest absolute Gasteiger partial charge is 0.323 e. The van der Waals surface area contributed by atoms with Gasteiger partial charge in [0.05, 0.1) is 7.11 Å². The Morgan fingerprint density at radius 3 is 2.65 bits per heavy atom. The van der Waals surface area contributed by atoms with E-state index < -0.39 is 0 Å². The molecule has 0 bridgehead atoms. The van der Waals surface area contributed by atoms with Gasteiger partial charge in [-0.2, -0.15) is 0 Å². The summed E-state index contributed by atoms with van der Waals surface area (Å²) in [5.74, 6) is 1.46. The molecule has 0 spiro atoms. The molecule has 3 rings (SSSR count). The molecule has 0 aromatic heterocycles. The SMILES string of the molecule is COC(=O)C(C1CC1)N1CCCC2CCCC21. The fourth-order valence-electron chi connectivity index (χ4n) is 3.97. The summed E-state index contributed by atoms with van der Waals surface area (Å²) < 4.78 is 5.03. The second-order valence-electron chi connectivity index (χ2n) is 5.94. The first-order valence-electron chi connectivity index (χ1n) is 7.15. The molecule has 3 aliphatic rings. The first-order valence-corrected chi connectivity index (χ1v) is 7.15. The number of esters is 1. The summed E-state index contributed by atoms with van der Waals surface area (Å²) in [6.07, 6.45) is 9.09. The van der Waals surface area contributed by atoms with Crippen molar-refractivity contribution in [2.45, 2.75) is 57.0 Å². The van der Waals surface area contributed by atoms with Crippen LogP contribution in [-0.4, -0.2) is 36.6 Å². The Kier molecular flexibility index (Phi) is 3.12. The highest BCUT2D eigenvalue weighted by atomic mass is 16.5. The van der Waals surface area contributed by atoms with Gasteiger partial charge >= 0.3 is 5.97 Å². The number of hydrogen-bond acceptors (Lipinski definition) is 3. The van der Waals surface area contributed by atoms with E-state index in [4.69, 9.17) is 4.74 Å². The van der Waals surface area contributed by atoms with Crippen LogP contribution in [0.1, 0.15) is 44.9 Å². The third kappa shape index (κ3) is 2.10. The lowest BCUT2D eigenvalue weighted by Crippen LogP contribution is -2.52. The molecule has 0 N–H and O–H groups in total. The van der Waals surface area contributed by atoms with Crippen LogP contribution >= 0.6 is 0 Å². The van der Waals surface area contributed by atoms with E-state index in [1.165, 1.54) is 52.1 Å². The van der Waals surface area contributed by atoms with Gasteiger partial charge in [-0.05, 0) is 56.9 Å². The van der Waals surface area contributed by atoms with Crippen molar-refractivity contribution in [2.75, 3.05) is 13.7 Å². The molecule has 0 radical (unpaired) electrons. The maximum absolute atomic E-state index is 12.0. The number of carbonyl (C=O) groups is 1. The van der Waals surface area contributed by atoms with E-state index in [-0.39, 0.29) is 12.0 Å². The van der Waals surface area contributed by atoms with E-state index in [0.29, 0.717) is 12.0 Å². The van der Waals surface area contributed by atoms with Crippen LogP contribution in [0.4, 0.5) is 0 Å². The van der Waals surface area contributed by atoms with Crippen molar-refractivity contribution >= 4 is 5.97 Å². The minimum Gasteiger partial charge on any atom is -0.468 e. The topological polar surface area (TPSA) is 29.5 Å². The van der Waals surface area contributed by atoms with Crippen LogP contribution in [0.15, 0.2) is 0 Å². The quantitative estimate of drug-likeness (QED) is 0.705. The van der Waals surface area contributed by atoms with Gasteiger partial charge in [0.1, 0.15) is 6.04 Å². The molecule has 0 aromatic rings. The fraction of sp³-hybridized carbons (Fsp3) is 0.929. The summed E-state index contributed by atoms with van der Waals surface area (Å²) in [5, 5.41) is 0. The van der Waals surface area contributed by atoms with Gasteiger partial charge in [-0.15, -0.1) is 0 Å². The minimum absolute atomic E-state index is 0.0139. The molecule has 2 aliphatic carbocycles. The molecule has 2 saturated carbocycles. The maximum atomic E-state index is 12.0. The van der Waals surface area contributed by atoms with Gasteiger partial charge in [-0.3, -0.25) is 9.69 Å². The largest absolute Gasteiger partial charge is 0.468 e.